The van der Waals surface area contributed by atoms with Crippen LogP contribution in [0.25, 0.3) is 10.9 Å². The van der Waals surface area contributed by atoms with Crippen LogP contribution in [0.3, 0.4) is 0 Å². The lowest BCUT2D eigenvalue weighted by Gasteiger charge is -2.34. The summed E-state index contributed by atoms with van der Waals surface area (Å²) in [4.78, 5) is 19.0. The highest BCUT2D eigenvalue weighted by Crippen LogP contribution is 2.32. The summed E-state index contributed by atoms with van der Waals surface area (Å²) >= 11 is 3.49. The van der Waals surface area contributed by atoms with E-state index in [0.717, 1.165) is 21.2 Å². The smallest absolute Gasteiger partial charge is 0.381 e. The van der Waals surface area contributed by atoms with Crippen LogP contribution in [0.1, 0.15) is 12.8 Å². The average Bonchev–Trinajstić information content (AvgIpc) is 3.12. The number of fused-ring (bicyclic) bond motifs is 1. The number of piperidine rings is 1. The van der Waals surface area contributed by atoms with Crippen LogP contribution in [-0.2, 0) is 4.84 Å². The minimum Gasteiger partial charge on any atom is -0.381 e. The molecule has 2 aliphatic heterocycles. The molecule has 1 saturated heterocycles. The Bertz CT molecular complexity index is 851. The molecule has 1 unspecified atom stereocenters. The van der Waals surface area contributed by atoms with Gasteiger partial charge in [0.1, 0.15) is 18.3 Å². The molecule has 1 aromatic heterocycles. The standard InChI is InChI=1S/C16H15BrF3N5O/c17-11-3-1-2-10-12(11)21-8-22-14(10)25-6-4-9(5-7-25)13-23-15(26-24-13)16(18,19)20/h1-3,8-9,13,24H,4-7H2. The third kappa shape index (κ3) is 3.23. The van der Waals surface area contributed by atoms with E-state index in [-0.39, 0.29) is 5.92 Å². The van der Waals surface area contributed by atoms with Crippen molar-refractivity contribution < 1.29 is 18.0 Å². The van der Waals surface area contributed by atoms with E-state index < -0.39 is 18.2 Å². The fraction of sp³-hybridized carbons (Fsp3) is 0.438. The van der Waals surface area contributed by atoms with Crippen molar-refractivity contribution in [1.82, 2.24) is 15.4 Å². The van der Waals surface area contributed by atoms with Crippen LogP contribution in [0.5, 0.6) is 0 Å². The predicted molar refractivity (Wildman–Crippen MR) is 93.7 cm³/mol. The molecule has 1 fully saturated rings. The molecule has 0 radical (unpaired) electrons. The number of anilines is 1. The molecule has 1 aromatic carbocycles. The number of hydrogen-bond donors (Lipinski definition) is 1. The fourth-order valence-corrected chi connectivity index (χ4v) is 3.81. The van der Waals surface area contributed by atoms with Gasteiger partial charge >= 0.3 is 12.1 Å². The number of aromatic nitrogens is 2. The molecule has 0 saturated carbocycles. The molecular weight excluding hydrogens is 415 g/mol. The van der Waals surface area contributed by atoms with E-state index >= 15 is 0 Å². The van der Waals surface area contributed by atoms with Crippen molar-refractivity contribution in [2.75, 3.05) is 18.0 Å². The first kappa shape index (κ1) is 17.5. The Hall–Kier alpha value is -1.94. The maximum Gasteiger partial charge on any atom is 0.470 e. The van der Waals surface area contributed by atoms with Gasteiger partial charge in [-0.15, -0.1) is 5.48 Å². The number of hydrogen-bond acceptors (Lipinski definition) is 6. The summed E-state index contributed by atoms with van der Waals surface area (Å²) in [5, 5.41) is 0.944. The summed E-state index contributed by atoms with van der Waals surface area (Å²) in [7, 11) is 0. The molecule has 0 amide bonds. The highest BCUT2D eigenvalue weighted by Gasteiger charge is 2.44. The molecule has 6 nitrogen and oxygen atoms in total. The van der Waals surface area contributed by atoms with E-state index in [1.54, 1.807) is 0 Å². The molecule has 3 heterocycles. The average molecular weight is 430 g/mol. The fourth-order valence-electron chi connectivity index (χ4n) is 3.34. The van der Waals surface area contributed by atoms with E-state index in [4.69, 9.17) is 0 Å². The van der Waals surface area contributed by atoms with Crippen LogP contribution in [0, 0.1) is 5.92 Å². The molecule has 0 bridgehead atoms. The minimum absolute atomic E-state index is 0.0223. The molecule has 1 atom stereocenters. The lowest BCUT2D eigenvalue weighted by molar-refractivity contribution is -0.0811. The number of halogens is 4. The summed E-state index contributed by atoms with van der Waals surface area (Å²) in [5.74, 6) is -0.382. The Labute approximate surface area is 155 Å². The van der Waals surface area contributed by atoms with E-state index in [2.05, 4.69) is 46.1 Å². The normalized spacial score (nSPS) is 21.8. The van der Waals surface area contributed by atoms with Crippen LogP contribution in [-0.4, -0.2) is 41.3 Å². The van der Waals surface area contributed by atoms with Gasteiger partial charge < -0.3 is 9.74 Å². The highest BCUT2D eigenvalue weighted by molar-refractivity contribution is 9.10. The zero-order chi connectivity index (χ0) is 18.3. The molecule has 4 rings (SSSR count). The first-order chi connectivity index (χ1) is 12.4. The molecular formula is C16H15BrF3N5O. The van der Waals surface area contributed by atoms with Gasteiger partial charge in [0, 0.05) is 28.9 Å². The van der Waals surface area contributed by atoms with Crippen molar-refractivity contribution in [3.8, 4) is 0 Å². The summed E-state index contributed by atoms with van der Waals surface area (Å²) < 4.78 is 38.8. The first-order valence-corrected chi connectivity index (χ1v) is 8.94. The van der Waals surface area contributed by atoms with Crippen LogP contribution >= 0.6 is 15.9 Å². The van der Waals surface area contributed by atoms with Crippen molar-refractivity contribution in [2.24, 2.45) is 10.9 Å². The second-order valence-corrected chi connectivity index (χ2v) is 7.11. The van der Waals surface area contributed by atoms with Gasteiger partial charge in [0.2, 0.25) is 0 Å². The maximum absolute atomic E-state index is 12.6. The van der Waals surface area contributed by atoms with E-state index in [9.17, 15) is 13.2 Å². The molecule has 0 aliphatic carbocycles. The molecule has 2 aromatic rings. The molecule has 26 heavy (non-hydrogen) atoms. The van der Waals surface area contributed by atoms with E-state index in [1.165, 1.54) is 6.33 Å². The summed E-state index contributed by atoms with van der Waals surface area (Å²) in [6.45, 7) is 1.36. The van der Waals surface area contributed by atoms with Crippen LogP contribution in [0.4, 0.5) is 19.0 Å². The largest absolute Gasteiger partial charge is 0.470 e. The lowest BCUT2D eigenvalue weighted by Crippen LogP contribution is -2.41. The van der Waals surface area contributed by atoms with Gasteiger partial charge in [-0.3, -0.25) is 0 Å². The number of nitrogens with one attached hydrogen (secondary N) is 1. The summed E-state index contributed by atoms with van der Waals surface area (Å²) in [6, 6.07) is 5.82. The molecule has 10 heteroatoms. The van der Waals surface area contributed by atoms with Crippen molar-refractivity contribution in [1.29, 1.82) is 0 Å². The summed E-state index contributed by atoms with van der Waals surface area (Å²) in [5.41, 5.74) is 3.24. The highest BCUT2D eigenvalue weighted by atomic mass is 79.9. The van der Waals surface area contributed by atoms with Gasteiger partial charge in [-0.25, -0.2) is 15.0 Å². The van der Waals surface area contributed by atoms with Gasteiger partial charge in [0.05, 0.1) is 5.52 Å². The quantitative estimate of drug-likeness (QED) is 0.792. The number of alkyl halides is 3. The number of rotatable bonds is 2. The van der Waals surface area contributed by atoms with Gasteiger partial charge in [-0.1, -0.05) is 6.07 Å². The minimum atomic E-state index is -4.56. The van der Waals surface area contributed by atoms with Crippen molar-refractivity contribution in [3.05, 3.63) is 29.0 Å². The Morgan fingerprint density at radius 2 is 1.96 bits per heavy atom. The van der Waals surface area contributed by atoms with E-state index in [0.29, 0.717) is 25.9 Å². The number of aliphatic imine (C=N–C) groups is 1. The van der Waals surface area contributed by atoms with Crippen LogP contribution in [0.2, 0.25) is 0 Å². The van der Waals surface area contributed by atoms with Crippen LogP contribution < -0.4 is 10.4 Å². The second-order valence-electron chi connectivity index (χ2n) is 6.25. The van der Waals surface area contributed by atoms with Gasteiger partial charge in [0.25, 0.3) is 0 Å². The SMILES string of the molecule is FC(F)(F)C1=NC(C2CCN(c3ncnc4c(Br)cccc34)CC2)NO1. The van der Waals surface area contributed by atoms with Crippen molar-refractivity contribution in [3.63, 3.8) is 0 Å². The summed E-state index contributed by atoms with van der Waals surface area (Å²) in [6.07, 6.45) is -2.31. The Balaban J connectivity index is 1.48. The van der Waals surface area contributed by atoms with Crippen molar-refractivity contribution >= 4 is 38.5 Å². The molecule has 2 aliphatic rings. The maximum atomic E-state index is 12.6. The number of benzene rings is 1. The van der Waals surface area contributed by atoms with Gasteiger partial charge in [-0.05, 0) is 40.9 Å². The monoisotopic (exact) mass is 429 g/mol. The Morgan fingerprint density at radius 3 is 2.65 bits per heavy atom. The second kappa shape index (κ2) is 6.66. The molecule has 138 valence electrons. The van der Waals surface area contributed by atoms with Crippen molar-refractivity contribution in [2.45, 2.75) is 25.2 Å². The molecule has 0 spiro atoms. The zero-order valence-corrected chi connectivity index (χ0v) is 15.1. The third-order valence-corrected chi connectivity index (χ3v) is 5.30. The Kier molecular flexibility index (Phi) is 4.47. The first-order valence-electron chi connectivity index (χ1n) is 8.15. The van der Waals surface area contributed by atoms with E-state index in [1.807, 2.05) is 18.2 Å². The van der Waals surface area contributed by atoms with Crippen LogP contribution in [0.15, 0.2) is 34.0 Å². The third-order valence-electron chi connectivity index (χ3n) is 4.66. The lowest BCUT2D eigenvalue weighted by atomic mass is 9.94. The van der Waals surface area contributed by atoms with Gasteiger partial charge in [0.15, 0.2) is 0 Å². The Morgan fingerprint density at radius 1 is 1.19 bits per heavy atom. The van der Waals surface area contributed by atoms with Gasteiger partial charge in [-0.2, -0.15) is 13.2 Å². The number of nitrogens with zero attached hydrogens (tertiary/aromatic N) is 4. The predicted octanol–water partition coefficient (Wildman–Crippen LogP) is 3.43. The molecule has 1 N–H and O–H groups in total. The number of hydroxylamine groups is 1. The zero-order valence-electron chi connectivity index (χ0n) is 13.5. The topological polar surface area (TPSA) is 62.6 Å². The number of para-hydroxylation sites is 1.